The van der Waals surface area contributed by atoms with Gasteiger partial charge in [0.25, 0.3) is 5.91 Å². The fourth-order valence-electron chi connectivity index (χ4n) is 3.06. The Kier molecular flexibility index (Phi) is 4.98. The highest BCUT2D eigenvalue weighted by molar-refractivity contribution is 5.94. The molecule has 4 heteroatoms. The molecule has 1 aromatic rings. The van der Waals surface area contributed by atoms with Gasteiger partial charge in [-0.15, -0.1) is 0 Å². The lowest BCUT2D eigenvalue weighted by Gasteiger charge is -2.23. The minimum Gasteiger partial charge on any atom is -0.490 e. The average molecular weight is 302 g/mol. The number of rotatable bonds is 6. The third-order valence-electron chi connectivity index (χ3n) is 4.70. The van der Waals surface area contributed by atoms with E-state index in [1.54, 1.807) is 0 Å². The van der Waals surface area contributed by atoms with Crippen molar-refractivity contribution in [2.45, 2.75) is 57.1 Å². The highest BCUT2D eigenvalue weighted by Gasteiger charge is 2.28. The summed E-state index contributed by atoms with van der Waals surface area (Å²) in [4.78, 5) is 12.1. The summed E-state index contributed by atoms with van der Waals surface area (Å²) in [6.07, 6.45) is 8.85. The van der Waals surface area contributed by atoms with Gasteiger partial charge in [0.1, 0.15) is 5.75 Å². The van der Waals surface area contributed by atoms with Gasteiger partial charge < -0.3 is 15.8 Å². The molecule has 2 aliphatic carbocycles. The molecule has 2 fully saturated rings. The number of nitrogens with two attached hydrogens (primary N) is 1. The lowest BCUT2D eigenvalue weighted by molar-refractivity contribution is 0.0950. The molecule has 120 valence electrons. The lowest BCUT2D eigenvalue weighted by Crippen LogP contribution is -2.38. The van der Waals surface area contributed by atoms with E-state index in [0.29, 0.717) is 24.1 Å². The van der Waals surface area contributed by atoms with Crippen LogP contribution >= 0.6 is 0 Å². The van der Waals surface area contributed by atoms with Crippen LogP contribution in [-0.4, -0.2) is 24.6 Å². The van der Waals surface area contributed by atoms with Gasteiger partial charge in [-0.3, -0.25) is 4.79 Å². The monoisotopic (exact) mass is 302 g/mol. The normalized spacial score (nSPS) is 20.4. The molecule has 3 N–H and O–H groups in total. The van der Waals surface area contributed by atoms with Crippen molar-refractivity contribution in [3.63, 3.8) is 0 Å². The maximum atomic E-state index is 12.1. The molecule has 1 aromatic carbocycles. The Morgan fingerprint density at radius 3 is 2.45 bits per heavy atom. The smallest absolute Gasteiger partial charge is 0.251 e. The summed E-state index contributed by atoms with van der Waals surface area (Å²) in [7, 11) is 0. The molecule has 0 spiro atoms. The van der Waals surface area contributed by atoms with Crippen molar-refractivity contribution in [3.05, 3.63) is 29.8 Å². The lowest BCUT2D eigenvalue weighted by atomic mass is 9.98. The van der Waals surface area contributed by atoms with Crippen LogP contribution in [0.3, 0.4) is 0 Å². The van der Waals surface area contributed by atoms with Gasteiger partial charge >= 0.3 is 0 Å². The molecular formula is C18H26N2O2. The van der Waals surface area contributed by atoms with Crippen LogP contribution in [0.25, 0.3) is 0 Å². The van der Waals surface area contributed by atoms with Gasteiger partial charge in [-0.25, -0.2) is 0 Å². The SMILES string of the molecule is NC(CNC(=O)c1ccc(OC2CCCCC2)cc1)C1CC1. The van der Waals surface area contributed by atoms with E-state index >= 15 is 0 Å². The Balaban J connectivity index is 1.48. The third-order valence-corrected chi connectivity index (χ3v) is 4.70. The molecule has 0 radical (unpaired) electrons. The van der Waals surface area contributed by atoms with Gasteiger partial charge in [0.15, 0.2) is 0 Å². The van der Waals surface area contributed by atoms with E-state index in [2.05, 4.69) is 5.32 Å². The number of nitrogens with one attached hydrogen (secondary N) is 1. The maximum absolute atomic E-state index is 12.1. The number of benzene rings is 1. The van der Waals surface area contributed by atoms with E-state index in [-0.39, 0.29) is 11.9 Å². The number of amides is 1. The van der Waals surface area contributed by atoms with Crippen LogP contribution in [0, 0.1) is 5.92 Å². The fraction of sp³-hybridized carbons (Fsp3) is 0.611. The second-order valence-corrected chi connectivity index (χ2v) is 6.61. The van der Waals surface area contributed by atoms with Crippen molar-refractivity contribution in [1.82, 2.24) is 5.32 Å². The predicted octanol–water partition coefficient (Wildman–Crippen LogP) is 2.87. The Labute approximate surface area is 132 Å². The fourth-order valence-corrected chi connectivity index (χ4v) is 3.06. The Hall–Kier alpha value is -1.55. The summed E-state index contributed by atoms with van der Waals surface area (Å²) in [5.41, 5.74) is 6.66. The summed E-state index contributed by atoms with van der Waals surface area (Å²) in [5, 5.41) is 2.92. The van der Waals surface area contributed by atoms with Gasteiger partial charge in [0.2, 0.25) is 0 Å². The molecule has 1 amide bonds. The zero-order valence-corrected chi connectivity index (χ0v) is 13.1. The largest absolute Gasteiger partial charge is 0.490 e. The maximum Gasteiger partial charge on any atom is 0.251 e. The molecule has 3 rings (SSSR count). The second kappa shape index (κ2) is 7.14. The highest BCUT2D eigenvalue weighted by atomic mass is 16.5. The van der Waals surface area contributed by atoms with E-state index in [1.807, 2.05) is 24.3 Å². The number of hydrogen-bond donors (Lipinski definition) is 2. The summed E-state index contributed by atoms with van der Waals surface area (Å²) in [5.74, 6) is 1.41. The topological polar surface area (TPSA) is 64.3 Å². The van der Waals surface area contributed by atoms with E-state index < -0.39 is 0 Å². The molecular weight excluding hydrogens is 276 g/mol. The molecule has 2 saturated carbocycles. The Bertz CT molecular complexity index is 490. The first-order valence-corrected chi connectivity index (χ1v) is 8.53. The molecule has 22 heavy (non-hydrogen) atoms. The zero-order chi connectivity index (χ0) is 15.4. The molecule has 4 nitrogen and oxygen atoms in total. The van der Waals surface area contributed by atoms with E-state index in [4.69, 9.17) is 10.5 Å². The van der Waals surface area contributed by atoms with Crippen molar-refractivity contribution in [3.8, 4) is 5.75 Å². The molecule has 0 saturated heterocycles. The molecule has 0 aliphatic heterocycles. The average Bonchev–Trinajstić information content (AvgIpc) is 3.39. The highest BCUT2D eigenvalue weighted by Crippen LogP contribution is 2.31. The van der Waals surface area contributed by atoms with E-state index in [0.717, 1.165) is 18.6 Å². The van der Waals surface area contributed by atoms with Crippen molar-refractivity contribution < 1.29 is 9.53 Å². The minimum absolute atomic E-state index is 0.0553. The quantitative estimate of drug-likeness (QED) is 0.849. The number of carbonyl (C=O) groups excluding carboxylic acids is 1. The molecule has 0 bridgehead atoms. The summed E-state index contributed by atoms with van der Waals surface area (Å²) >= 11 is 0. The van der Waals surface area contributed by atoms with Crippen molar-refractivity contribution in [2.75, 3.05) is 6.54 Å². The number of ether oxygens (including phenoxy) is 1. The van der Waals surface area contributed by atoms with Gasteiger partial charge in [0.05, 0.1) is 6.10 Å². The van der Waals surface area contributed by atoms with Gasteiger partial charge in [0, 0.05) is 18.2 Å². The second-order valence-electron chi connectivity index (χ2n) is 6.61. The summed E-state index contributed by atoms with van der Waals surface area (Å²) < 4.78 is 5.98. The third kappa shape index (κ3) is 4.23. The first-order valence-electron chi connectivity index (χ1n) is 8.53. The minimum atomic E-state index is -0.0553. The Morgan fingerprint density at radius 2 is 1.82 bits per heavy atom. The van der Waals surface area contributed by atoms with Crippen LogP contribution < -0.4 is 15.8 Å². The standard InChI is InChI=1S/C18H26N2O2/c19-17(13-6-7-13)12-20-18(21)14-8-10-16(11-9-14)22-15-4-2-1-3-5-15/h8-11,13,15,17H,1-7,12,19H2,(H,20,21). The summed E-state index contributed by atoms with van der Waals surface area (Å²) in [6, 6.07) is 7.54. The van der Waals surface area contributed by atoms with Crippen LogP contribution in [0.5, 0.6) is 5.75 Å². The molecule has 2 aliphatic rings. The van der Waals surface area contributed by atoms with Crippen molar-refractivity contribution >= 4 is 5.91 Å². The zero-order valence-electron chi connectivity index (χ0n) is 13.1. The summed E-state index contributed by atoms with van der Waals surface area (Å²) in [6.45, 7) is 0.559. The van der Waals surface area contributed by atoms with Crippen LogP contribution in [-0.2, 0) is 0 Å². The number of hydrogen-bond acceptors (Lipinski definition) is 3. The molecule has 0 heterocycles. The van der Waals surface area contributed by atoms with Crippen LogP contribution in [0.1, 0.15) is 55.3 Å². The van der Waals surface area contributed by atoms with Gasteiger partial charge in [-0.2, -0.15) is 0 Å². The van der Waals surface area contributed by atoms with Gasteiger partial charge in [-0.1, -0.05) is 6.42 Å². The predicted molar refractivity (Wildman–Crippen MR) is 87.0 cm³/mol. The van der Waals surface area contributed by atoms with Gasteiger partial charge in [-0.05, 0) is 68.7 Å². The molecule has 0 aromatic heterocycles. The Morgan fingerprint density at radius 1 is 1.14 bits per heavy atom. The molecule has 1 unspecified atom stereocenters. The molecule has 1 atom stereocenters. The van der Waals surface area contributed by atoms with E-state index in [9.17, 15) is 4.79 Å². The van der Waals surface area contributed by atoms with Crippen LogP contribution in [0.15, 0.2) is 24.3 Å². The van der Waals surface area contributed by atoms with E-state index in [1.165, 1.54) is 32.1 Å². The van der Waals surface area contributed by atoms with Crippen molar-refractivity contribution in [2.24, 2.45) is 11.7 Å². The first kappa shape index (κ1) is 15.3. The number of carbonyl (C=O) groups is 1. The van der Waals surface area contributed by atoms with Crippen molar-refractivity contribution in [1.29, 1.82) is 0 Å². The van der Waals surface area contributed by atoms with Crippen LogP contribution in [0.4, 0.5) is 0 Å². The van der Waals surface area contributed by atoms with Crippen LogP contribution in [0.2, 0.25) is 0 Å². The first-order chi connectivity index (χ1) is 10.7.